The average Bonchev–Trinajstić information content (AvgIpc) is 2.79. The number of hydrogen-bond donors (Lipinski definition) is 2. The molecule has 0 bridgehead atoms. The Kier molecular flexibility index (Phi) is 5.07. The summed E-state index contributed by atoms with van der Waals surface area (Å²) in [5.74, 6) is -1.67. The van der Waals surface area contributed by atoms with E-state index >= 15 is 0 Å². The molecule has 0 spiro atoms. The molecule has 1 aromatic carbocycles. The van der Waals surface area contributed by atoms with Crippen molar-refractivity contribution in [1.29, 1.82) is 0 Å². The number of amides is 1. The van der Waals surface area contributed by atoms with Crippen molar-refractivity contribution in [2.24, 2.45) is 5.14 Å². The number of carboxylic acid groups (broad SMARTS) is 1. The van der Waals surface area contributed by atoms with Crippen LogP contribution in [-0.4, -0.2) is 48.1 Å². The SMILES string of the molecule is NS(=O)(=O)C1CC(=O)N([C@@H](Cc2ccc(I)cc2)C(=O)O)C1. The molecule has 1 unspecified atom stereocenters. The summed E-state index contributed by atoms with van der Waals surface area (Å²) in [4.78, 5) is 24.5. The number of benzene rings is 1. The highest BCUT2D eigenvalue weighted by atomic mass is 127. The number of nitrogens with two attached hydrogens (primary N) is 1. The predicted octanol–water partition coefficient (Wildman–Crippen LogP) is 0.176. The largest absolute Gasteiger partial charge is 0.480 e. The van der Waals surface area contributed by atoms with Gasteiger partial charge in [0.15, 0.2) is 0 Å². The monoisotopic (exact) mass is 438 g/mol. The van der Waals surface area contributed by atoms with Crippen molar-refractivity contribution in [3.63, 3.8) is 0 Å². The van der Waals surface area contributed by atoms with Crippen LogP contribution >= 0.6 is 22.6 Å². The standard InChI is InChI=1S/C13H15IN2O5S/c14-9-3-1-8(2-4-9)5-11(13(18)19)16-7-10(6-12(16)17)22(15,20)21/h1-4,10-11H,5-7H2,(H,18,19)(H2,15,20,21)/t10?,11-/m0/s1. The zero-order valence-corrected chi connectivity index (χ0v) is 14.5. The van der Waals surface area contributed by atoms with Crippen molar-refractivity contribution < 1.29 is 23.1 Å². The van der Waals surface area contributed by atoms with Gasteiger partial charge in [0.1, 0.15) is 11.3 Å². The van der Waals surface area contributed by atoms with E-state index in [-0.39, 0.29) is 19.4 Å². The summed E-state index contributed by atoms with van der Waals surface area (Å²) in [5, 5.41) is 13.4. The highest BCUT2D eigenvalue weighted by Gasteiger charge is 2.41. The molecule has 1 aliphatic rings. The van der Waals surface area contributed by atoms with E-state index in [9.17, 15) is 23.1 Å². The lowest BCUT2D eigenvalue weighted by atomic mass is 10.1. The van der Waals surface area contributed by atoms with Crippen LogP contribution < -0.4 is 5.14 Å². The average molecular weight is 438 g/mol. The van der Waals surface area contributed by atoms with Crippen LogP contribution in [0, 0.1) is 3.57 Å². The zero-order valence-electron chi connectivity index (χ0n) is 11.5. The highest BCUT2D eigenvalue weighted by Crippen LogP contribution is 2.21. The lowest BCUT2D eigenvalue weighted by Crippen LogP contribution is -2.44. The molecule has 0 saturated carbocycles. The molecule has 1 saturated heterocycles. The van der Waals surface area contributed by atoms with Crippen LogP contribution in [0.1, 0.15) is 12.0 Å². The normalized spacial score (nSPS) is 20.2. The maximum Gasteiger partial charge on any atom is 0.326 e. The molecule has 3 N–H and O–H groups in total. The molecule has 1 amide bonds. The second-order valence-corrected chi connectivity index (χ2v) is 8.24. The summed E-state index contributed by atoms with van der Waals surface area (Å²) in [5.41, 5.74) is 0.764. The number of rotatable bonds is 5. The summed E-state index contributed by atoms with van der Waals surface area (Å²) in [7, 11) is -3.86. The summed E-state index contributed by atoms with van der Waals surface area (Å²) in [6.07, 6.45) is -0.148. The van der Waals surface area contributed by atoms with Gasteiger partial charge in [0.2, 0.25) is 15.9 Å². The minimum Gasteiger partial charge on any atom is -0.480 e. The first-order chi connectivity index (χ1) is 10.2. The molecule has 2 rings (SSSR count). The van der Waals surface area contributed by atoms with Crippen LogP contribution in [0.5, 0.6) is 0 Å². The molecule has 22 heavy (non-hydrogen) atoms. The summed E-state index contributed by atoms with van der Waals surface area (Å²) < 4.78 is 23.7. The molecule has 0 radical (unpaired) electrons. The van der Waals surface area contributed by atoms with Crippen LogP contribution in [0.3, 0.4) is 0 Å². The Balaban J connectivity index is 2.20. The fourth-order valence-corrected chi connectivity index (χ4v) is 3.50. The summed E-state index contributed by atoms with van der Waals surface area (Å²) in [6, 6.07) is 6.16. The van der Waals surface area contributed by atoms with Crippen molar-refractivity contribution in [3.05, 3.63) is 33.4 Å². The van der Waals surface area contributed by atoms with Crippen LogP contribution in [0.2, 0.25) is 0 Å². The maximum atomic E-state index is 12.0. The molecular formula is C13H15IN2O5S. The number of sulfonamides is 1. The number of carbonyl (C=O) groups excluding carboxylic acids is 1. The van der Waals surface area contributed by atoms with E-state index in [2.05, 4.69) is 22.6 Å². The first-order valence-corrected chi connectivity index (χ1v) is 9.15. The van der Waals surface area contributed by atoms with Gasteiger partial charge in [-0.3, -0.25) is 4.79 Å². The van der Waals surface area contributed by atoms with Gasteiger partial charge in [-0.15, -0.1) is 0 Å². The van der Waals surface area contributed by atoms with Gasteiger partial charge >= 0.3 is 5.97 Å². The number of hydrogen-bond acceptors (Lipinski definition) is 4. The number of halogens is 1. The van der Waals surface area contributed by atoms with Gasteiger partial charge in [0.25, 0.3) is 0 Å². The van der Waals surface area contributed by atoms with Crippen LogP contribution in [0.25, 0.3) is 0 Å². The smallest absolute Gasteiger partial charge is 0.326 e. The van der Waals surface area contributed by atoms with E-state index < -0.39 is 33.2 Å². The Labute approximate surface area is 141 Å². The Morgan fingerprint density at radius 1 is 1.41 bits per heavy atom. The maximum absolute atomic E-state index is 12.0. The van der Waals surface area contributed by atoms with E-state index in [1.54, 1.807) is 12.1 Å². The van der Waals surface area contributed by atoms with Crippen LogP contribution in [-0.2, 0) is 26.0 Å². The Morgan fingerprint density at radius 2 is 2.00 bits per heavy atom. The van der Waals surface area contributed by atoms with Gasteiger partial charge in [-0.05, 0) is 40.3 Å². The van der Waals surface area contributed by atoms with Crippen molar-refractivity contribution >= 4 is 44.5 Å². The van der Waals surface area contributed by atoms with Gasteiger partial charge in [0.05, 0.1) is 0 Å². The first-order valence-electron chi connectivity index (χ1n) is 6.47. The number of likely N-dealkylation sites (tertiary alicyclic amines) is 1. The third-order valence-electron chi connectivity index (χ3n) is 3.59. The van der Waals surface area contributed by atoms with Gasteiger partial charge < -0.3 is 10.0 Å². The Morgan fingerprint density at radius 3 is 2.45 bits per heavy atom. The summed E-state index contributed by atoms with van der Waals surface area (Å²) in [6.45, 7) is -0.182. The van der Waals surface area contributed by atoms with Gasteiger partial charge in [0, 0.05) is 23.0 Å². The molecule has 1 fully saturated rings. The minimum atomic E-state index is -3.86. The molecule has 120 valence electrons. The van der Waals surface area contributed by atoms with Crippen molar-refractivity contribution in [2.45, 2.75) is 24.1 Å². The lowest BCUT2D eigenvalue weighted by molar-refractivity contribution is -0.148. The summed E-state index contributed by atoms with van der Waals surface area (Å²) >= 11 is 2.13. The quantitative estimate of drug-likeness (QED) is 0.636. The van der Waals surface area contributed by atoms with E-state index in [1.807, 2.05) is 12.1 Å². The molecule has 1 aliphatic heterocycles. The Bertz CT molecular complexity index is 689. The topological polar surface area (TPSA) is 118 Å². The fourth-order valence-electron chi connectivity index (χ4n) is 2.39. The number of nitrogens with zero attached hydrogens (tertiary/aromatic N) is 1. The molecule has 0 aliphatic carbocycles. The van der Waals surface area contributed by atoms with Crippen molar-refractivity contribution in [1.82, 2.24) is 4.90 Å². The van der Waals surface area contributed by atoms with E-state index in [0.717, 1.165) is 14.0 Å². The molecule has 9 heteroatoms. The Hall–Kier alpha value is -1.20. The molecule has 1 aromatic rings. The van der Waals surface area contributed by atoms with E-state index in [0.29, 0.717) is 0 Å². The van der Waals surface area contributed by atoms with Gasteiger partial charge in [-0.25, -0.2) is 18.4 Å². The number of primary sulfonamides is 1. The highest BCUT2D eigenvalue weighted by molar-refractivity contribution is 14.1. The molecule has 1 heterocycles. The zero-order chi connectivity index (χ0) is 16.5. The fraction of sp³-hybridized carbons (Fsp3) is 0.385. The van der Waals surface area contributed by atoms with Crippen molar-refractivity contribution in [3.8, 4) is 0 Å². The van der Waals surface area contributed by atoms with Crippen LogP contribution in [0.15, 0.2) is 24.3 Å². The van der Waals surface area contributed by atoms with Gasteiger partial charge in [-0.1, -0.05) is 12.1 Å². The third-order valence-corrected chi connectivity index (χ3v) is 5.56. The van der Waals surface area contributed by atoms with E-state index in [4.69, 9.17) is 5.14 Å². The second-order valence-electron chi connectivity index (χ2n) is 5.15. The van der Waals surface area contributed by atoms with E-state index in [1.165, 1.54) is 0 Å². The third kappa shape index (κ3) is 3.96. The first kappa shape index (κ1) is 17.2. The van der Waals surface area contributed by atoms with Crippen molar-refractivity contribution in [2.75, 3.05) is 6.54 Å². The van der Waals surface area contributed by atoms with Crippen LogP contribution in [0.4, 0.5) is 0 Å². The molecular weight excluding hydrogens is 423 g/mol. The molecule has 7 nitrogen and oxygen atoms in total. The minimum absolute atomic E-state index is 0.120. The van der Waals surface area contributed by atoms with Gasteiger partial charge in [-0.2, -0.15) is 0 Å². The predicted molar refractivity (Wildman–Crippen MR) is 87.5 cm³/mol. The molecule has 0 aromatic heterocycles. The number of carbonyl (C=O) groups is 2. The second kappa shape index (κ2) is 6.50. The number of carboxylic acids is 1. The molecule has 2 atom stereocenters. The lowest BCUT2D eigenvalue weighted by Gasteiger charge is -2.24. The number of aliphatic carboxylic acids is 1.